The van der Waals surface area contributed by atoms with Gasteiger partial charge in [-0.1, -0.05) is 12.1 Å². The lowest BCUT2D eigenvalue weighted by atomic mass is 9.84. The summed E-state index contributed by atoms with van der Waals surface area (Å²) in [6.45, 7) is 2.53. The van der Waals surface area contributed by atoms with Crippen molar-refractivity contribution in [3.8, 4) is 5.75 Å². The molecule has 1 fully saturated rings. The molecule has 0 aliphatic carbocycles. The van der Waals surface area contributed by atoms with Crippen LogP contribution in [-0.2, 0) is 5.67 Å². The standard InChI is InChI=1S/C12H16FNO/c1-12(13,11-6-7-14-11)9-4-3-5-10(8-9)15-2/h3-5,8,11,14H,6-7H2,1-2H3. The van der Waals surface area contributed by atoms with Crippen LogP contribution in [0.15, 0.2) is 24.3 Å². The van der Waals surface area contributed by atoms with Gasteiger partial charge in [-0.15, -0.1) is 0 Å². The Morgan fingerprint density at radius 3 is 2.80 bits per heavy atom. The van der Waals surface area contributed by atoms with Crippen LogP contribution in [0.4, 0.5) is 4.39 Å². The first-order chi connectivity index (χ1) is 7.14. The Morgan fingerprint density at radius 1 is 1.53 bits per heavy atom. The molecular formula is C12H16FNO. The number of ether oxygens (including phenoxy) is 1. The average Bonchev–Trinajstić information content (AvgIpc) is 2.14. The zero-order valence-corrected chi connectivity index (χ0v) is 9.09. The van der Waals surface area contributed by atoms with Crippen molar-refractivity contribution >= 4 is 0 Å². The van der Waals surface area contributed by atoms with Gasteiger partial charge in [0.15, 0.2) is 0 Å². The van der Waals surface area contributed by atoms with Crippen LogP contribution in [0.3, 0.4) is 0 Å². The molecule has 2 atom stereocenters. The van der Waals surface area contributed by atoms with Crippen molar-refractivity contribution in [2.24, 2.45) is 0 Å². The molecule has 2 unspecified atom stereocenters. The minimum absolute atomic E-state index is 0.0652. The predicted molar refractivity (Wildman–Crippen MR) is 57.9 cm³/mol. The highest BCUT2D eigenvalue weighted by Gasteiger charge is 2.39. The lowest BCUT2D eigenvalue weighted by molar-refractivity contribution is 0.0856. The van der Waals surface area contributed by atoms with Gasteiger partial charge in [0.1, 0.15) is 11.4 Å². The van der Waals surface area contributed by atoms with E-state index in [0.29, 0.717) is 11.3 Å². The summed E-state index contributed by atoms with van der Waals surface area (Å²) in [5, 5.41) is 3.11. The second-order valence-corrected chi connectivity index (χ2v) is 4.10. The molecule has 1 heterocycles. The van der Waals surface area contributed by atoms with Gasteiger partial charge in [-0.25, -0.2) is 4.39 Å². The predicted octanol–water partition coefficient (Wildman–Crippen LogP) is 2.24. The van der Waals surface area contributed by atoms with Crippen LogP contribution in [-0.4, -0.2) is 19.7 Å². The van der Waals surface area contributed by atoms with Crippen LogP contribution in [0.2, 0.25) is 0 Å². The fourth-order valence-corrected chi connectivity index (χ4v) is 1.88. The maximum atomic E-state index is 14.5. The summed E-state index contributed by atoms with van der Waals surface area (Å²) < 4.78 is 19.6. The van der Waals surface area contributed by atoms with Crippen molar-refractivity contribution in [2.75, 3.05) is 13.7 Å². The molecule has 1 aliphatic heterocycles. The van der Waals surface area contributed by atoms with Crippen LogP contribution in [0.1, 0.15) is 18.9 Å². The van der Waals surface area contributed by atoms with E-state index in [0.717, 1.165) is 13.0 Å². The van der Waals surface area contributed by atoms with Crippen molar-refractivity contribution in [1.29, 1.82) is 0 Å². The number of hydrogen-bond donors (Lipinski definition) is 1. The largest absolute Gasteiger partial charge is 0.497 e. The monoisotopic (exact) mass is 209 g/mol. The van der Waals surface area contributed by atoms with Crippen molar-refractivity contribution in [2.45, 2.75) is 25.1 Å². The third kappa shape index (κ3) is 1.84. The molecule has 1 N–H and O–H groups in total. The zero-order chi connectivity index (χ0) is 10.9. The highest BCUT2D eigenvalue weighted by molar-refractivity contribution is 5.33. The normalized spacial score (nSPS) is 24.1. The minimum Gasteiger partial charge on any atom is -0.497 e. The van der Waals surface area contributed by atoms with Gasteiger partial charge < -0.3 is 10.1 Å². The molecule has 0 radical (unpaired) electrons. The smallest absolute Gasteiger partial charge is 0.148 e. The number of halogens is 1. The highest BCUT2D eigenvalue weighted by atomic mass is 19.1. The molecule has 0 aromatic heterocycles. The van der Waals surface area contributed by atoms with Gasteiger partial charge in [-0.05, 0) is 37.6 Å². The Balaban J connectivity index is 2.26. The van der Waals surface area contributed by atoms with Crippen LogP contribution < -0.4 is 10.1 Å². The Bertz CT molecular complexity index is 347. The molecule has 2 nitrogen and oxygen atoms in total. The van der Waals surface area contributed by atoms with Gasteiger partial charge in [0.05, 0.1) is 7.11 Å². The molecule has 2 rings (SSSR count). The first-order valence-electron chi connectivity index (χ1n) is 5.21. The Labute approximate surface area is 89.4 Å². The van der Waals surface area contributed by atoms with E-state index < -0.39 is 5.67 Å². The first-order valence-corrected chi connectivity index (χ1v) is 5.21. The molecular weight excluding hydrogens is 193 g/mol. The lowest BCUT2D eigenvalue weighted by Crippen LogP contribution is -2.53. The second-order valence-electron chi connectivity index (χ2n) is 4.10. The Hall–Kier alpha value is -1.09. The molecule has 0 saturated carbocycles. The van der Waals surface area contributed by atoms with Crippen LogP contribution in [0.5, 0.6) is 5.75 Å². The third-order valence-corrected chi connectivity index (χ3v) is 3.11. The van der Waals surface area contributed by atoms with E-state index in [4.69, 9.17) is 4.74 Å². The van der Waals surface area contributed by atoms with Crippen molar-refractivity contribution in [1.82, 2.24) is 5.32 Å². The van der Waals surface area contributed by atoms with E-state index >= 15 is 0 Å². The van der Waals surface area contributed by atoms with E-state index in [-0.39, 0.29) is 6.04 Å². The maximum absolute atomic E-state index is 14.5. The van der Waals surface area contributed by atoms with Gasteiger partial charge in [0, 0.05) is 6.04 Å². The van der Waals surface area contributed by atoms with E-state index in [2.05, 4.69) is 5.32 Å². The van der Waals surface area contributed by atoms with Gasteiger partial charge in [0.25, 0.3) is 0 Å². The fraction of sp³-hybridized carbons (Fsp3) is 0.500. The van der Waals surface area contributed by atoms with Crippen LogP contribution in [0, 0.1) is 0 Å². The number of methoxy groups -OCH3 is 1. The van der Waals surface area contributed by atoms with E-state index in [1.54, 1.807) is 20.1 Å². The molecule has 0 bridgehead atoms. The van der Waals surface area contributed by atoms with Crippen LogP contribution in [0.25, 0.3) is 0 Å². The molecule has 1 aromatic carbocycles. The summed E-state index contributed by atoms with van der Waals surface area (Å²) in [6, 6.07) is 7.16. The molecule has 1 aromatic rings. The summed E-state index contributed by atoms with van der Waals surface area (Å²) in [5.41, 5.74) is -0.633. The van der Waals surface area contributed by atoms with Crippen molar-refractivity contribution in [3.05, 3.63) is 29.8 Å². The third-order valence-electron chi connectivity index (χ3n) is 3.11. The SMILES string of the molecule is COc1cccc(C(C)(F)C2CCN2)c1. The summed E-state index contributed by atoms with van der Waals surface area (Å²) in [5.74, 6) is 0.704. The zero-order valence-electron chi connectivity index (χ0n) is 9.09. The van der Waals surface area contributed by atoms with Crippen molar-refractivity contribution < 1.29 is 9.13 Å². The second kappa shape index (κ2) is 3.81. The molecule has 3 heteroatoms. The van der Waals surface area contributed by atoms with Gasteiger partial charge in [-0.3, -0.25) is 0 Å². The summed E-state index contributed by atoms with van der Waals surface area (Å²) >= 11 is 0. The van der Waals surface area contributed by atoms with Crippen molar-refractivity contribution in [3.63, 3.8) is 0 Å². The highest BCUT2D eigenvalue weighted by Crippen LogP contribution is 2.35. The summed E-state index contributed by atoms with van der Waals surface area (Å²) in [4.78, 5) is 0. The molecule has 1 saturated heterocycles. The molecule has 0 amide bonds. The Kier molecular flexibility index (Phi) is 2.65. The number of hydrogen-bond acceptors (Lipinski definition) is 2. The fourth-order valence-electron chi connectivity index (χ4n) is 1.88. The molecule has 0 spiro atoms. The number of nitrogens with one attached hydrogen (secondary N) is 1. The van der Waals surface area contributed by atoms with E-state index in [9.17, 15) is 4.39 Å². The number of alkyl halides is 1. The molecule has 15 heavy (non-hydrogen) atoms. The van der Waals surface area contributed by atoms with Gasteiger partial charge >= 0.3 is 0 Å². The number of rotatable bonds is 3. The lowest BCUT2D eigenvalue weighted by Gasteiger charge is -2.38. The van der Waals surface area contributed by atoms with Gasteiger partial charge in [-0.2, -0.15) is 0 Å². The van der Waals surface area contributed by atoms with E-state index in [1.165, 1.54) is 0 Å². The Morgan fingerprint density at radius 2 is 2.27 bits per heavy atom. The topological polar surface area (TPSA) is 21.3 Å². The van der Waals surface area contributed by atoms with Gasteiger partial charge in [0.2, 0.25) is 0 Å². The summed E-state index contributed by atoms with van der Waals surface area (Å²) in [7, 11) is 1.59. The summed E-state index contributed by atoms with van der Waals surface area (Å²) in [6.07, 6.45) is 0.893. The average molecular weight is 209 g/mol. The van der Waals surface area contributed by atoms with E-state index in [1.807, 2.05) is 18.2 Å². The van der Waals surface area contributed by atoms with Crippen LogP contribution >= 0.6 is 0 Å². The maximum Gasteiger partial charge on any atom is 0.148 e. The molecule has 1 aliphatic rings. The quantitative estimate of drug-likeness (QED) is 0.824. The molecule has 82 valence electrons. The number of benzene rings is 1. The minimum atomic E-state index is -1.31. The first kappa shape index (κ1) is 10.4.